The molecule has 0 fully saturated rings. The Labute approximate surface area is 144 Å². The van der Waals surface area contributed by atoms with Crippen LogP contribution >= 0.6 is 11.8 Å². The highest BCUT2D eigenvalue weighted by Crippen LogP contribution is 2.27. The van der Waals surface area contributed by atoms with Crippen LogP contribution in [0.3, 0.4) is 0 Å². The van der Waals surface area contributed by atoms with Gasteiger partial charge in [0.15, 0.2) is 0 Å². The van der Waals surface area contributed by atoms with Gasteiger partial charge in [0.2, 0.25) is 11.0 Å². The van der Waals surface area contributed by atoms with Gasteiger partial charge in [-0.2, -0.15) is 0 Å². The Morgan fingerprint density at radius 1 is 1.00 bits per heavy atom. The maximum atomic E-state index is 12.5. The van der Waals surface area contributed by atoms with Crippen LogP contribution in [0.5, 0.6) is 0 Å². The van der Waals surface area contributed by atoms with Gasteiger partial charge in [0, 0.05) is 23.4 Å². The third-order valence-electron chi connectivity index (χ3n) is 3.36. The smallest absolute Gasteiger partial charge is 0.252 e. The van der Waals surface area contributed by atoms with Gasteiger partial charge >= 0.3 is 0 Å². The Morgan fingerprint density at radius 2 is 1.62 bits per heavy atom. The van der Waals surface area contributed by atoms with Gasteiger partial charge in [-0.3, -0.25) is 14.4 Å². The molecule has 0 radical (unpaired) electrons. The summed E-state index contributed by atoms with van der Waals surface area (Å²) >= 11 is 1.01. The molecule has 124 valence electrons. The van der Waals surface area contributed by atoms with E-state index in [1.54, 1.807) is 30.3 Å². The number of nitrogens with two attached hydrogens (primary N) is 1. The summed E-state index contributed by atoms with van der Waals surface area (Å²) in [4.78, 5) is 36.0. The lowest BCUT2D eigenvalue weighted by atomic mass is 10.1. The average molecular weight is 342 g/mol. The van der Waals surface area contributed by atoms with Crippen molar-refractivity contribution in [2.75, 3.05) is 6.54 Å². The molecule has 0 heterocycles. The number of nitrogens with one attached hydrogen (secondary N) is 1. The van der Waals surface area contributed by atoms with Crippen molar-refractivity contribution in [1.82, 2.24) is 5.32 Å². The highest BCUT2D eigenvalue weighted by molar-refractivity contribution is 8.14. The van der Waals surface area contributed by atoms with Gasteiger partial charge < -0.3 is 11.1 Å². The van der Waals surface area contributed by atoms with Crippen molar-refractivity contribution in [2.24, 2.45) is 5.73 Å². The van der Waals surface area contributed by atoms with E-state index in [0.717, 1.165) is 17.3 Å². The maximum Gasteiger partial charge on any atom is 0.252 e. The van der Waals surface area contributed by atoms with Gasteiger partial charge in [0.25, 0.3) is 5.91 Å². The van der Waals surface area contributed by atoms with Gasteiger partial charge in [-0.1, -0.05) is 36.4 Å². The number of primary amides is 1. The molecule has 0 saturated carbocycles. The number of carbonyl (C=O) groups excluding carboxylic acids is 3. The minimum Gasteiger partial charge on any atom is -0.370 e. The number of hydrogen-bond acceptors (Lipinski definition) is 4. The third-order valence-corrected chi connectivity index (χ3v) is 4.34. The number of thioether (sulfide) groups is 1. The quantitative estimate of drug-likeness (QED) is 0.790. The fourth-order valence-electron chi connectivity index (χ4n) is 2.09. The summed E-state index contributed by atoms with van der Waals surface area (Å²) in [6.07, 6.45) is 0.0726. The van der Waals surface area contributed by atoms with E-state index in [-0.39, 0.29) is 24.0 Å². The van der Waals surface area contributed by atoms with E-state index < -0.39 is 5.91 Å². The lowest BCUT2D eigenvalue weighted by Crippen LogP contribution is -2.28. The van der Waals surface area contributed by atoms with Crippen LogP contribution in [-0.2, 0) is 4.79 Å². The maximum absolute atomic E-state index is 12.5. The number of hydrogen-bond donors (Lipinski definition) is 2. The van der Waals surface area contributed by atoms with E-state index in [0.29, 0.717) is 16.0 Å². The minimum absolute atomic E-state index is 0.0726. The van der Waals surface area contributed by atoms with Crippen molar-refractivity contribution in [3.05, 3.63) is 65.2 Å². The number of amides is 2. The Kier molecular flexibility index (Phi) is 6.14. The van der Waals surface area contributed by atoms with Crippen LogP contribution in [0.2, 0.25) is 0 Å². The zero-order chi connectivity index (χ0) is 17.5. The van der Waals surface area contributed by atoms with E-state index in [2.05, 4.69) is 5.32 Å². The minimum atomic E-state index is -0.479. The molecule has 2 amide bonds. The summed E-state index contributed by atoms with van der Waals surface area (Å²) in [6, 6.07) is 14.2. The molecule has 0 unspecified atom stereocenters. The summed E-state index contributed by atoms with van der Waals surface area (Å²) in [5, 5.41) is 2.51. The van der Waals surface area contributed by atoms with Gasteiger partial charge in [-0.15, -0.1) is 0 Å². The molecule has 3 N–H and O–H groups in total. The molecule has 6 heteroatoms. The fourth-order valence-corrected chi connectivity index (χ4v) is 3.05. The molecule has 2 rings (SSSR count). The van der Waals surface area contributed by atoms with Crippen LogP contribution < -0.4 is 11.1 Å². The molecule has 0 bridgehead atoms. The predicted molar refractivity (Wildman–Crippen MR) is 94.0 cm³/mol. The van der Waals surface area contributed by atoms with Crippen molar-refractivity contribution < 1.29 is 14.4 Å². The molecule has 0 spiro atoms. The first kappa shape index (κ1) is 17.7. The molecule has 24 heavy (non-hydrogen) atoms. The first-order chi connectivity index (χ1) is 11.5. The predicted octanol–water partition coefficient (Wildman–Crippen LogP) is 2.53. The third kappa shape index (κ3) is 4.70. The van der Waals surface area contributed by atoms with Gasteiger partial charge in [0.05, 0.1) is 5.56 Å². The second-order valence-corrected chi connectivity index (χ2v) is 6.19. The van der Waals surface area contributed by atoms with Crippen molar-refractivity contribution in [3.8, 4) is 0 Å². The Hall–Kier alpha value is -2.60. The molecule has 2 aromatic carbocycles. The zero-order valence-corrected chi connectivity index (χ0v) is 14.1. The molecular weight excluding hydrogens is 324 g/mol. The lowest BCUT2D eigenvalue weighted by molar-refractivity contribution is -0.117. The first-order valence-electron chi connectivity index (χ1n) is 7.42. The standard InChI is InChI=1S/C18H18N2O3S/c1-12-6-2-3-7-13(12)18(23)24-15-9-5-4-8-14(15)17(22)20-11-10-16(19)21/h2-9H,10-11H2,1H3,(H2,19,21)(H,20,22). The van der Waals surface area contributed by atoms with Crippen LogP contribution in [0.25, 0.3) is 0 Å². The largest absolute Gasteiger partial charge is 0.370 e. The van der Waals surface area contributed by atoms with Crippen molar-refractivity contribution in [1.29, 1.82) is 0 Å². The highest BCUT2D eigenvalue weighted by atomic mass is 32.2. The molecule has 0 aliphatic carbocycles. The highest BCUT2D eigenvalue weighted by Gasteiger charge is 2.16. The van der Waals surface area contributed by atoms with Crippen LogP contribution in [-0.4, -0.2) is 23.5 Å². The summed E-state index contributed by atoms with van der Waals surface area (Å²) in [5.41, 5.74) is 6.95. The second kappa shape index (κ2) is 8.31. The van der Waals surface area contributed by atoms with Gasteiger partial charge in [-0.25, -0.2) is 0 Å². The first-order valence-corrected chi connectivity index (χ1v) is 8.24. The summed E-state index contributed by atoms with van der Waals surface area (Å²) in [6.45, 7) is 2.04. The number of rotatable bonds is 6. The average Bonchev–Trinajstić information content (AvgIpc) is 2.55. The van der Waals surface area contributed by atoms with Crippen LogP contribution in [0.4, 0.5) is 0 Å². The second-order valence-electron chi connectivity index (χ2n) is 5.17. The van der Waals surface area contributed by atoms with Crippen LogP contribution in [0, 0.1) is 6.92 Å². The number of benzene rings is 2. The van der Waals surface area contributed by atoms with Crippen LogP contribution in [0.1, 0.15) is 32.7 Å². The summed E-state index contributed by atoms with van der Waals surface area (Å²) < 4.78 is 0. The fraction of sp³-hybridized carbons (Fsp3) is 0.167. The molecule has 0 aliphatic rings. The van der Waals surface area contributed by atoms with Crippen molar-refractivity contribution >= 4 is 28.7 Å². The van der Waals surface area contributed by atoms with E-state index >= 15 is 0 Å². The molecule has 2 aromatic rings. The zero-order valence-electron chi connectivity index (χ0n) is 13.2. The van der Waals surface area contributed by atoms with E-state index in [1.807, 2.05) is 25.1 Å². The Morgan fingerprint density at radius 3 is 2.29 bits per heavy atom. The van der Waals surface area contributed by atoms with Crippen LogP contribution in [0.15, 0.2) is 53.4 Å². The van der Waals surface area contributed by atoms with Gasteiger partial charge in [-0.05, 0) is 36.4 Å². The molecular formula is C18H18N2O3S. The lowest BCUT2D eigenvalue weighted by Gasteiger charge is -2.09. The number of carbonyl (C=O) groups is 3. The van der Waals surface area contributed by atoms with E-state index in [9.17, 15) is 14.4 Å². The topological polar surface area (TPSA) is 89.3 Å². The molecule has 0 aliphatic heterocycles. The molecule has 0 aromatic heterocycles. The van der Waals surface area contributed by atoms with E-state index in [1.165, 1.54) is 0 Å². The number of aryl methyl sites for hydroxylation is 1. The molecule has 5 nitrogen and oxygen atoms in total. The van der Waals surface area contributed by atoms with Crippen molar-refractivity contribution in [2.45, 2.75) is 18.2 Å². The summed E-state index contributed by atoms with van der Waals surface area (Å²) in [5.74, 6) is -0.815. The monoisotopic (exact) mass is 342 g/mol. The molecule has 0 atom stereocenters. The molecule has 0 saturated heterocycles. The van der Waals surface area contributed by atoms with Crippen molar-refractivity contribution in [3.63, 3.8) is 0 Å². The normalized spacial score (nSPS) is 10.2. The Bertz CT molecular complexity index is 774. The SMILES string of the molecule is Cc1ccccc1C(=O)Sc1ccccc1C(=O)NCCC(N)=O. The van der Waals surface area contributed by atoms with E-state index in [4.69, 9.17) is 5.73 Å². The Balaban J connectivity index is 2.14. The van der Waals surface area contributed by atoms with Gasteiger partial charge in [0.1, 0.15) is 0 Å². The summed E-state index contributed by atoms with van der Waals surface area (Å²) in [7, 11) is 0.